The van der Waals surface area contributed by atoms with Crippen LogP contribution in [0.2, 0.25) is 0 Å². The topological polar surface area (TPSA) is 62.6 Å². The molecule has 0 atom stereocenters. The fourth-order valence-corrected chi connectivity index (χ4v) is 4.28. The van der Waals surface area contributed by atoms with E-state index in [4.69, 9.17) is 4.42 Å². The van der Waals surface area contributed by atoms with E-state index >= 15 is 0 Å². The van der Waals surface area contributed by atoms with E-state index in [0.29, 0.717) is 36.1 Å². The first kappa shape index (κ1) is 17.2. The molecule has 20 heavy (non-hydrogen) atoms. The molecule has 0 saturated heterocycles. The summed E-state index contributed by atoms with van der Waals surface area (Å²) in [6.45, 7) is 11.7. The van der Waals surface area contributed by atoms with Gasteiger partial charge in [0.1, 0.15) is 16.4 Å². The monoisotopic (exact) mass is 302 g/mol. The lowest BCUT2D eigenvalue weighted by Crippen LogP contribution is -2.32. The SMILES string of the molecule is CCCN(CC)S(=O)(=O)c1c(C)oc(C)c1CNCC. The second-order valence-corrected chi connectivity index (χ2v) is 6.67. The summed E-state index contributed by atoms with van der Waals surface area (Å²) < 4.78 is 32.7. The van der Waals surface area contributed by atoms with Gasteiger partial charge in [0, 0.05) is 25.2 Å². The van der Waals surface area contributed by atoms with Crippen molar-refractivity contribution in [1.82, 2.24) is 9.62 Å². The smallest absolute Gasteiger partial charge is 0.246 e. The second-order valence-electron chi connectivity index (χ2n) is 4.80. The Hall–Kier alpha value is -0.850. The van der Waals surface area contributed by atoms with Gasteiger partial charge in [0.2, 0.25) is 10.0 Å². The Balaban J connectivity index is 3.29. The minimum atomic E-state index is -3.48. The summed E-state index contributed by atoms with van der Waals surface area (Å²) >= 11 is 0. The first-order valence-corrected chi connectivity index (χ1v) is 8.63. The predicted molar refractivity (Wildman–Crippen MR) is 80.3 cm³/mol. The minimum Gasteiger partial charge on any atom is -0.465 e. The molecule has 0 amide bonds. The lowest BCUT2D eigenvalue weighted by atomic mass is 10.2. The van der Waals surface area contributed by atoms with Gasteiger partial charge in [-0.05, 0) is 26.8 Å². The molecule has 1 heterocycles. The van der Waals surface area contributed by atoms with Crippen molar-refractivity contribution < 1.29 is 12.8 Å². The van der Waals surface area contributed by atoms with Gasteiger partial charge in [-0.15, -0.1) is 0 Å². The molecule has 0 radical (unpaired) electrons. The van der Waals surface area contributed by atoms with Crippen LogP contribution in [-0.4, -0.2) is 32.4 Å². The number of sulfonamides is 1. The third-order valence-corrected chi connectivity index (χ3v) is 5.47. The molecule has 1 rings (SSSR count). The maximum atomic E-state index is 12.8. The van der Waals surface area contributed by atoms with Crippen molar-refractivity contribution in [2.24, 2.45) is 0 Å². The Labute approximate surface area is 122 Å². The van der Waals surface area contributed by atoms with Crippen LogP contribution in [0.3, 0.4) is 0 Å². The molecule has 0 aliphatic carbocycles. The average molecular weight is 302 g/mol. The highest BCUT2D eigenvalue weighted by Crippen LogP contribution is 2.29. The largest absolute Gasteiger partial charge is 0.465 e. The van der Waals surface area contributed by atoms with E-state index in [-0.39, 0.29) is 0 Å². The van der Waals surface area contributed by atoms with Crippen LogP contribution in [0.5, 0.6) is 0 Å². The van der Waals surface area contributed by atoms with E-state index in [1.165, 1.54) is 4.31 Å². The number of hydrogen-bond acceptors (Lipinski definition) is 4. The zero-order chi connectivity index (χ0) is 15.3. The molecule has 0 fully saturated rings. The molecule has 0 spiro atoms. The summed E-state index contributed by atoms with van der Waals surface area (Å²) in [6.07, 6.45) is 0.797. The normalized spacial score (nSPS) is 12.3. The van der Waals surface area contributed by atoms with E-state index in [1.807, 2.05) is 27.7 Å². The third-order valence-electron chi connectivity index (χ3n) is 3.30. The van der Waals surface area contributed by atoms with Gasteiger partial charge >= 0.3 is 0 Å². The molecule has 0 unspecified atom stereocenters. The molecule has 1 N–H and O–H groups in total. The number of nitrogens with one attached hydrogen (secondary N) is 1. The molecule has 0 aliphatic rings. The van der Waals surface area contributed by atoms with Gasteiger partial charge in [-0.1, -0.05) is 20.8 Å². The van der Waals surface area contributed by atoms with Crippen molar-refractivity contribution in [2.75, 3.05) is 19.6 Å². The van der Waals surface area contributed by atoms with Gasteiger partial charge in [0.05, 0.1) is 0 Å². The first-order chi connectivity index (χ1) is 9.39. The Morgan fingerprint density at radius 1 is 1.15 bits per heavy atom. The first-order valence-electron chi connectivity index (χ1n) is 7.19. The number of furan rings is 1. The van der Waals surface area contributed by atoms with Crippen LogP contribution in [0.1, 0.15) is 44.3 Å². The summed E-state index contributed by atoms with van der Waals surface area (Å²) in [5.41, 5.74) is 0.749. The molecule has 5 nitrogen and oxygen atoms in total. The summed E-state index contributed by atoms with van der Waals surface area (Å²) in [7, 11) is -3.48. The van der Waals surface area contributed by atoms with Crippen LogP contribution < -0.4 is 5.32 Å². The van der Waals surface area contributed by atoms with E-state index in [9.17, 15) is 8.42 Å². The quantitative estimate of drug-likeness (QED) is 0.801. The molecule has 1 aromatic rings. The zero-order valence-corrected chi connectivity index (χ0v) is 13.9. The lowest BCUT2D eigenvalue weighted by Gasteiger charge is -2.20. The molecule has 0 bridgehead atoms. The van der Waals surface area contributed by atoms with Crippen molar-refractivity contribution in [1.29, 1.82) is 0 Å². The van der Waals surface area contributed by atoms with Crippen molar-refractivity contribution in [3.05, 3.63) is 17.1 Å². The molecule has 0 aliphatic heterocycles. The summed E-state index contributed by atoms with van der Waals surface area (Å²) in [5, 5.41) is 3.18. The van der Waals surface area contributed by atoms with Gasteiger partial charge in [0.15, 0.2) is 0 Å². The molecule has 0 saturated carbocycles. The molecular formula is C14H26N2O3S. The second kappa shape index (κ2) is 7.24. The highest BCUT2D eigenvalue weighted by molar-refractivity contribution is 7.89. The minimum absolute atomic E-state index is 0.339. The van der Waals surface area contributed by atoms with Crippen LogP contribution >= 0.6 is 0 Å². The summed E-state index contributed by atoms with van der Waals surface area (Å²) in [4.78, 5) is 0.339. The summed E-state index contributed by atoms with van der Waals surface area (Å²) in [5.74, 6) is 1.15. The predicted octanol–water partition coefficient (Wildman–Crippen LogP) is 2.43. The fourth-order valence-electron chi connectivity index (χ4n) is 2.33. The Morgan fingerprint density at radius 3 is 2.30 bits per heavy atom. The highest BCUT2D eigenvalue weighted by Gasteiger charge is 2.30. The van der Waals surface area contributed by atoms with Gasteiger partial charge < -0.3 is 9.73 Å². The average Bonchev–Trinajstić information content (AvgIpc) is 2.68. The molecule has 0 aromatic carbocycles. The Morgan fingerprint density at radius 2 is 1.80 bits per heavy atom. The third kappa shape index (κ3) is 3.42. The number of hydrogen-bond donors (Lipinski definition) is 1. The highest BCUT2D eigenvalue weighted by atomic mass is 32.2. The van der Waals surface area contributed by atoms with Crippen LogP contribution in [0.25, 0.3) is 0 Å². The van der Waals surface area contributed by atoms with Crippen LogP contribution in [0, 0.1) is 13.8 Å². The van der Waals surface area contributed by atoms with E-state index < -0.39 is 10.0 Å². The Kier molecular flexibility index (Phi) is 6.23. The summed E-state index contributed by atoms with van der Waals surface area (Å²) in [6, 6.07) is 0. The van der Waals surface area contributed by atoms with Crippen molar-refractivity contribution in [3.8, 4) is 0 Å². The van der Waals surface area contributed by atoms with Crippen LogP contribution in [-0.2, 0) is 16.6 Å². The number of aryl methyl sites for hydroxylation is 2. The van der Waals surface area contributed by atoms with Crippen LogP contribution in [0.4, 0.5) is 0 Å². The number of nitrogens with zero attached hydrogens (tertiary/aromatic N) is 1. The maximum Gasteiger partial charge on any atom is 0.246 e. The molecule has 116 valence electrons. The van der Waals surface area contributed by atoms with Gasteiger partial charge in [0.25, 0.3) is 0 Å². The molecule has 1 aromatic heterocycles. The molecular weight excluding hydrogens is 276 g/mol. The maximum absolute atomic E-state index is 12.8. The van der Waals surface area contributed by atoms with Gasteiger partial charge in [-0.2, -0.15) is 4.31 Å². The van der Waals surface area contributed by atoms with E-state index in [1.54, 1.807) is 6.92 Å². The fraction of sp³-hybridized carbons (Fsp3) is 0.714. The van der Waals surface area contributed by atoms with Crippen molar-refractivity contribution in [3.63, 3.8) is 0 Å². The lowest BCUT2D eigenvalue weighted by molar-refractivity contribution is 0.424. The van der Waals surface area contributed by atoms with E-state index in [2.05, 4.69) is 5.32 Å². The van der Waals surface area contributed by atoms with Crippen LogP contribution in [0.15, 0.2) is 9.31 Å². The molecule has 6 heteroatoms. The van der Waals surface area contributed by atoms with Crippen molar-refractivity contribution >= 4 is 10.0 Å². The number of rotatable bonds is 8. The van der Waals surface area contributed by atoms with Crippen molar-refractivity contribution in [2.45, 2.75) is 52.5 Å². The zero-order valence-electron chi connectivity index (χ0n) is 13.1. The van der Waals surface area contributed by atoms with E-state index in [0.717, 1.165) is 18.5 Å². The standard InChI is InChI=1S/C14H26N2O3S/c1-6-9-16(8-3)20(17,18)14-12(5)19-11(4)13(14)10-15-7-2/h15H,6-10H2,1-5H3. The van der Waals surface area contributed by atoms with Gasteiger partial charge in [-0.3, -0.25) is 0 Å². The van der Waals surface area contributed by atoms with Gasteiger partial charge in [-0.25, -0.2) is 8.42 Å². The Bertz CT molecular complexity index is 535.